The van der Waals surface area contributed by atoms with Crippen molar-refractivity contribution in [1.82, 2.24) is 10.3 Å². The van der Waals surface area contributed by atoms with Crippen molar-refractivity contribution >= 4 is 5.91 Å². The van der Waals surface area contributed by atoms with Crippen LogP contribution in [0.2, 0.25) is 0 Å². The Balaban J connectivity index is 2.67. The van der Waals surface area contributed by atoms with E-state index in [2.05, 4.69) is 16.9 Å². The molecule has 1 aromatic heterocycles. The fourth-order valence-electron chi connectivity index (χ4n) is 1.07. The molecular weight excluding hydrogens is 233 g/mol. The Labute approximate surface area is 96.4 Å². The first kappa shape index (κ1) is 13.2. The number of rotatable bonds is 4. The number of carbonyl (C=O) groups is 1. The summed E-state index contributed by atoms with van der Waals surface area (Å²) < 4.78 is 36.7. The summed E-state index contributed by atoms with van der Waals surface area (Å²) in [4.78, 5) is 14.9. The molecule has 0 bridgehead atoms. The summed E-state index contributed by atoms with van der Waals surface area (Å²) in [5.74, 6) is -0.499. The molecule has 1 heterocycles. The van der Waals surface area contributed by atoms with E-state index in [1.165, 1.54) is 0 Å². The third-order valence-corrected chi connectivity index (χ3v) is 1.96. The van der Waals surface area contributed by atoms with Crippen LogP contribution in [0, 0.1) is 0 Å². The average molecular weight is 244 g/mol. The minimum absolute atomic E-state index is 0.0398. The summed E-state index contributed by atoms with van der Waals surface area (Å²) in [6.45, 7) is 3.86. The summed E-state index contributed by atoms with van der Waals surface area (Å²) >= 11 is 0. The van der Waals surface area contributed by atoms with Crippen molar-refractivity contribution in [1.29, 1.82) is 0 Å². The van der Waals surface area contributed by atoms with Crippen LogP contribution in [-0.4, -0.2) is 17.4 Å². The van der Waals surface area contributed by atoms with Crippen molar-refractivity contribution < 1.29 is 18.0 Å². The van der Waals surface area contributed by atoms with Gasteiger partial charge in [-0.25, -0.2) is 0 Å². The SMILES string of the molecule is C=CCCNC(=O)c1ccc(C(F)(F)F)cn1. The van der Waals surface area contributed by atoms with Crippen molar-refractivity contribution in [3.05, 3.63) is 42.2 Å². The lowest BCUT2D eigenvalue weighted by molar-refractivity contribution is -0.137. The van der Waals surface area contributed by atoms with Crippen molar-refractivity contribution in [2.75, 3.05) is 6.54 Å². The summed E-state index contributed by atoms with van der Waals surface area (Å²) in [6, 6.07) is 1.88. The Hall–Kier alpha value is -1.85. The topological polar surface area (TPSA) is 42.0 Å². The van der Waals surface area contributed by atoms with Gasteiger partial charge in [-0.3, -0.25) is 9.78 Å². The Morgan fingerprint density at radius 3 is 2.65 bits per heavy atom. The Kier molecular flexibility index (Phi) is 4.25. The largest absolute Gasteiger partial charge is 0.417 e. The lowest BCUT2D eigenvalue weighted by Crippen LogP contribution is -2.25. The zero-order valence-corrected chi connectivity index (χ0v) is 8.92. The van der Waals surface area contributed by atoms with Crippen LogP contribution >= 0.6 is 0 Å². The monoisotopic (exact) mass is 244 g/mol. The maximum Gasteiger partial charge on any atom is 0.417 e. The molecule has 0 atom stereocenters. The molecular formula is C11H11F3N2O. The van der Waals surface area contributed by atoms with Crippen molar-refractivity contribution in [3.63, 3.8) is 0 Å². The number of hydrogen-bond donors (Lipinski definition) is 1. The lowest BCUT2D eigenvalue weighted by Gasteiger charge is -2.07. The molecule has 0 aromatic carbocycles. The van der Waals surface area contributed by atoms with E-state index >= 15 is 0 Å². The lowest BCUT2D eigenvalue weighted by atomic mass is 10.2. The highest BCUT2D eigenvalue weighted by atomic mass is 19.4. The number of carbonyl (C=O) groups excluding carboxylic acids is 1. The molecule has 0 aliphatic rings. The van der Waals surface area contributed by atoms with Crippen LogP contribution in [0.5, 0.6) is 0 Å². The average Bonchev–Trinajstić information content (AvgIpc) is 2.28. The van der Waals surface area contributed by atoms with E-state index in [0.717, 1.165) is 12.1 Å². The van der Waals surface area contributed by atoms with Gasteiger partial charge in [-0.05, 0) is 18.6 Å². The predicted molar refractivity (Wildman–Crippen MR) is 56.4 cm³/mol. The van der Waals surface area contributed by atoms with Gasteiger partial charge in [0.2, 0.25) is 0 Å². The number of amides is 1. The second-order valence-electron chi connectivity index (χ2n) is 3.26. The van der Waals surface area contributed by atoms with Crippen LogP contribution < -0.4 is 5.32 Å². The van der Waals surface area contributed by atoms with Gasteiger partial charge in [0.1, 0.15) is 5.69 Å². The number of pyridine rings is 1. The standard InChI is InChI=1S/C11H11F3N2O/c1-2-3-6-15-10(17)9-5-4-8(7-16-9)11(12,13)14/h2,4-5,7H,1,3,6H2,(H,15,17). The maximum atomic E-state index is 12.2. The van der Waals surface area contributed by atoms with Gasteiger partial charge in [0.15, 0.2) is 0 Å². The number of halogens is 3. The van der Waals surface area contributed by atoms with Crippen LogP contribution in [0.4, 0.5) is 13.2 Å². The molecule has 17 heavy (non-hydrogen) atoms. The fraction of sp³-hybridized carbons (Fsp3) is 0.273. The van der Waals surface area contributed by atoms with Gasteiger partial charge in [-0.15, -0.1) is 6.58 Å². The van der Waals surface area contributed by atoms with Gasteiger partial charge in [-0.1, -0.05) is 6.08 Å². The van der Waals surface area contributed by atoms with E-state index < -0.39 is 17.6 Å². The summed E-state index contributed by atoms with van der Waals surface area (Å²) in [5, 5.41) is 2.50. The van der Waals surface area contributed by atoms with Crippen LogP contribution in [0.25, 0.3) is 0 Å². The van der Waals surface area contributed by atoms with Gasteiger partial charge >= 0.3 is 6.18 Å². The summed E-state index contributed by atoms with van der Waals surface area (Å²) in [6.07, 6.45) is -1.58. The highest BCUT2D eigenvalue weighted by Crippen LogP contribution is 2.28. The maximum absolute atomic E-state index is 12.2. The molecule has 0 spiro atoms. The molecule has 0 radical (unpaired) electrons. The van der Waals surface area contributed by atoms with Crippen molar-refractivity contribution in [3.8, 4) is 0 Å². The van der Waals surface area contributed by atoms with E-state index in [4.69, 9.17) is 0 Å². The molecule has 3 nitrogen and oxygen atoms in total. The number of hydrogen-bond acceptors (Lipinski definition) is 2. The third-order valence-electron chi connectivity index (χ3n) is 1.96. The van der Waals surface area contributed by atoms with Gasteiger partial charge < -0.3 is 5.32 Å². The van der Waals surface area contributed by atoms with Gasteiger partial charge in [0.25, 0.3) is 5.91 Å². The van der Waals surface area contributed by atoms with Gasteiger partial charge in [0.05, 0.1) is 5.56 Å². The molecule has 1 rings (SSSR count). The summed E-state index contributed by atoms with van der Waals surface area (Å²) in [7, 11) is 0. The van der Waals surface area contributed by atoms with Crippen molar-refractivity contribution in [2.45, 2.75) is 12.6 Å². The predicted octanol–water partition coefficient (Wildman–Crippen LogP) is 2.41. The zero-order chi connectivity index (χ0) is 12.9. The van der Waals surface area contributed by atoms with Crippen LogP contribution in [0.3, 0.4) is 0 Å². The van der Waals surface area contributed by atoms with Crippen LogP contribution in [0.15, 0.2) is 31.0 Å². The zero-order valence-electron chi connectivity index (χ0n) is 8.92. The molecule has 1 N–H and O–H groups in total. The molecule has 0 unspecified atom stereocenters. The van der Waals surface area contributed by atoms with Gasteiger partial charge in [-0.2, -0.15) is 13.2 Å². The van der Waals surface area contributed by atoms with E-state index in [1.54, 1.807) is 6.08 Å². The highest BCUT2D eigenvalue weighted by molar-refractivity contribution is 5.92. The first-order valence-electron chi connectivity index (χ1n) is 4.87. The second-order valence-corrected chi connectivity index (χ2v) is 3.26. The Morgan fingerprint density at radius 1 is 1.47 bits per heavy atom. The molecule has 1 amide bonds. The molecule has 0 saturated carbocycles. The van der Waals surface area contributed by atoms with Gasteiger partial charge in [0, 0.05) is 12.7 Å². The molecule has 6 heteroatoms. The Bertz CT molecular complexity index is 398. The second kappa shape index (κ2) is 5.47. The minimum atomic E-state index is -4.44. The minimum Gasteiger partial charge on any atom is -0.350 e. The normalized spacial score (nSPS) is 11.0. The van der Waals surface area contributed by atoms with E-state index in [1.807, 2.05) is 0 Å². The van der Waals surface area contributed by atoms with Crippen molar-refractivity contribution in [2.24, 2.45) is 0 Å². The molecule has 0 aliphatic carbocycles. The molecule has 92 valence electrons. The third kappa shape index (κ3) is 3.90. The molecule has 0 saturated heterocycles. The first-order valence-corrected chi connectivity index (χ1v) is 4.87. The molecule has 0 fully saturated rings. The quantitative estimate of drug-likeness (QED) is 0.652. The summed E-state index contributed by atoms with van der Waals surface area (Å²) in [5.41, 5.74) is -0.915. The van der Waals surface area contributed by atoms with E-state index in [-0.39, 0.29) is 5.69 Å². The first-order chi connectivity index (χ1) is 7.95. The number of aromatic nitrogens is 1. The highest BCUT2D eigenvalue weighted by Gasteiger charge is 2.30. The Morgan fingerprint density at radius 2 is 2.18 bits per heavy atom. The number of nitrogens with zero attached hydrogens (tertiary/aromatic N) is 1. The molecule has 1 aromatic rings. The number of nitrogens with one attached hydrogen (secondary N) is 1. The van der Waals surface area contributed by atoms with Crippen LogP contribution in [0.1, 0.15) is 22.5 Å². The molecule has 0 aliphatic heterocycles. The van der Waals surface area contributed by atoms with E-state index in [0.29, 0.717) is 19.2 Å². The fourth-order valence-corrected chi connectivity index (χ4v) is 1.07. The number of alkyl halides is 3. The van der Waals surface area contributed by atoms with E-state index in [9.17, 15) is 18.0 Å². The smallest absolute Gasteiger partial charge is 0.350 e. The van der Waals surface area contributed by atoms with Crippen LogP contribution in [-0.2, 0) is 6.18 Å².